The van der Waals surface area contributed by atoms with Gasteiger partial charge in [-0.05, 0) is 41.8 Å². The first-order chi connectivity index (χ1) is 10.4. The molecule has 0 spiro atoms. The summed E-state index contributed by atoms with van der Waals surface area (Å²) >= 11 is 0. The van der Waals surface area contributed by atoms with Gasteiger partial charge in [0.1, 0.15) is 0 Å². The first kappa shape index (κ1) is 12.9. The summed E-state index contributed by atoms with van der Waals surface area (Å²) < 4.78 is 1.51. The lowest BCUT2D eigenvalue weighted by molar-refractivity contribution is 0.213. The molecule has 0 bridgehead atoms. The normalized spacial score (nSPS) is 22.0. The summed E-state index contributed by atoms with van der Waals surface area (Å²) in [6.45, 7) is 4.45. The molecule has 0 radical (unpaired) electrons. The summed E-state index contributed by atoms with van der Waals surface area (Å²) in [7, 11) is 0. The Hall–Kier alpha value is -1.76. The van der Waals surface area contributed by atoms with Gasteiger partial charge in [-0.2, -0.15) is 0 Å². The molecule has 1 aliphatic carbocycles. The van der Waals surface area contributed by atoms with Crippen molar-refractivity contribution in [2.24, 2.45) is 0 Å². The molecular formula is C14H21N7. The van der Waals surface area contributed by atoms with Crippen LogP contribution in [0.1, 0.15) is 32.1 Å². The fourth-order valence-corrected chi connectivity index (χ4v) is 3.61. The van der Waals surface area contributed by atoms with Gasteiger partial charge in [0.25, 0.3) is 0 Å². The molecule has 0 atom stereocenters. The molecule has 7 nitrogen and oxygen atoms in total. The van der Waals surface area contributed by atoms with Crippen LogP contribution in [0.15, 0.2) is 12.1 Å². The largest absolute Gasteiger partial charge is 0.354 e. The minimum Gasteiger partial charge on any atom is -0.354 e. The Morgan fingerprint density at radius 1 is 0.952 bits per heavy atom. The van der Waals surface area contributed by atoms with Crippen LogP contribution in [0.2, 0.25) is 0 Å². The first-order valence-electron chi connectivity index (χ1n) is 7.94. The summed E-state index contributed by atoms with van der Waals surface area (Å²) in [6.07, 6.45) is 6.78. The van der Waals surface area contributed by atoms with Crippen LogP contribution < -0.4 is 4.90 Å². The minimum absolute atomic E-state index is 0.696. The van der Waals surface area contributed by atoms with E-state index in [4.69, 9.17) is 0 Å². The lowest BCUT2D eigenvalue weighted by atomic mass is 10.2. The Kier molecular flexibility index (Phi) is 3.42. The van der Waals surface area contributed by atoms with E-state index in [1.165, 1.54) is 43.3 Å². The average Bonchev–Trinajstić information content (AvgIpc) is 3.14. The molecule has 2 fully saturated rings. The maximum Gasteiger partial charge on any atom is 0.200 e. The van der Waals surface area contributed by atoms with Gasteiger partial charge in [-0.15, -0.1) is 14.8 Å². The molecule has 21 heavy (non-hydrogen) atoms. The molecule has 7 heteroatoms. The van der Waals surface area contributed by atoms with E-state index in [0.717, 1.165) is 31.5 Å². The molecule has 1 aliphatic heterocycles. The van der Waals surface area contributed by atoms with Crippen molar-refractivity contribution >= 4 is 11.5 Å². The number of aromatic nitrogens is 5. The van der Waals surface area contributed by atoms with Crippen molar-refractivity contribution in [2.75, 3.05) is 31.1 Å². The quantitative estimate of drug-likeness (QED) is 0.820. The molecule has 112 valence electrons. The van der Waals surface area contributed by atoms with Gasteiger partial charge in [0.05, 0.1) is 0 Å². The van der Waals surface area contributed by atoms with Gasteiger partial charge in [-0.25, -0.2) is 0 Å². The van der Waals surface area contributed by atoms with Crippen molar-refractivity contribution in [2.45, 2.75) is 38.1 Å². The van der Waals surface area contributed by atoms with E-state index in [-0.39, 0.29) is 0 Å². The Morgan fingerprint density at radius 3 is 2.76 bits per heavy atom. The fourth-order valence-electron chi connectivity index (χ4n) is 3.61. The molecule has 1 saturated carbocycles. The van der Waals surface area contributed by atoms with E-state index in [1.54, 1.807) is 0 Å². The second-order valence-corrected chi connectivity index (χ2v) is 6.03. The van der Waals surface area contributed by atoms with Crippen LogP contribution in [0.25, 0.3) is 5.65 Å². The molecule has 2 aliphatic rings. The second kappa shape index (κ2) is 5.55. The summed E-state index contributed by atoms with van der Waals surface area (Å²) in [6, 6.07) is 4.78. The number of tetrazole rings is 1. The van der Waals surface area contributed by atoms with Crippen LogP contribution in [0.4, 0.5) is 5.82 Å². The predicted molar refractivity (Wildman–Crippen MR) is 79.2 cm³/mol. The summed E-state index contributed by atoms with van der Waals surface area (Å²) in [5.41, 5.74) is 0.696. The highest BCUT2D eigenvalue weighted by molar-refractivity contribution is 5.44. The van der Waals surface area contributed by atoms with Gasteiger partial charge < -0.3 is 4.90 Å². The van der Waals surface area contributed by atoms with Crippen LogP contribution in [-0.4, -0.2) is 62.4 Å². The number of rotatable bonds is 2. The lowest BCUT2D eigenvalue weighted by Crippen LogP contribution is -2.37. The van der Waals surface area contributed by atoms with Gasteiger partial charge in [-0.3, -0.25) is 4.90 Å². The summed E-state index contributed by atoms with van der Waals surface area (Å²) in [4.78, 5) is 5.04. The average molecular weight is 287 g/mol. The first-order valence-corrected chi connectivity index (χ1v) is 7.94. The molecule has 0 unspecified atom stereocenters. The van der Waals surface area contributed by atoms with Crippen molar-refractivity contribution in [3.8, 4) is 0 Å². The number of anilines is 1. The van der Waals surface area contributed by atoms with E-state index in [0.29, 0.717) is 5.65 Å². The zero-order chi connectivity index (χ0) is 14.1. The third-order valence-electron chi connectivity index (χ3n) is 4.75. The van der Waals surface area contributed by atoms with Crippen LogP contribution in [0.3, 0.4) is 0 Å². The van der Waals surface area contributed by atoms with Gasteiger partial charge in [0.2, 0.25) is 0 Å². The fraction of sp³-hybridized carbons (Fsp3) is 0.714. The van der Waals surface area contributed by atoms with Crippen molar-refractivity contribution in [3.63, 3.8) is 0 Å². The molecule has 2 aromatic rings. The predicted octanol–water partition coefficient (Wildman–Crippen LogP) is 0.974. The van der Waals surface area contributed by atoms with E-state index >= 15 is 0 Å². The highest BCUT2D eigenvalue weighted by atomic mass is 15.6. The lowest BCUT2D eigenvalue weighted by Gasteiger charge is -2.27. The van der Waals surface area contributed by atoms with E-state index in [1.807, 2.05) is 12.1 Å². The van der Waals surface area contributed by atoms with Crippen LogP contribution in [-0.2, 0) is 0 Å². The molecule has 0 N–H and O–H groups in total. The van der Waals surface area contributed by atoms with Crippen LogP contribution in [0, 0.1) is 0 Å². The highest BCUT2D eigenvalue weighted by Gasteiger charge is 2.25. The van der Waals surface area contributed by atoms with E-state index < -0.39 is 0 Å². The topological polar surface area (TPSA) is 62.5 Å². The Morgan fingerprint density at radius 2 is 1.86 bits per heavy atom. The maximum atomic E-state index is 4.51. The third-order valence-corrected chi connectivity index (χ3v) is 4.75. The third kappa shape index (κ3) is 2.57. The SMILES string of the molecule is c1cc2nnnn2nc1N1CCCN(C2CCCC2)CC1. The van der Waals surface area contributed by atoms with E-state index in [9.17, 15) is 0 Å². The van der Waals surface area contributed by atoms with E-state index in [2.05, 4.69) is 30.4 Å². The number of hydrogen-bond donors (Lipinski definition) is 0. The minimum atomic E-state index is 0.696. The molecule has 0 amide bonds. The molecule has 0 aromatic carbocycles. The Labute approximate surface area is 123 Å². The van der Waals surface area contributed by atoms with Crippen molar-refractivity contribution < 1.29 is 0 Å². The molecular weight excluding hydrogens is 266 g/mol. The van der Waals surface area contributed by atoms with Gasteiger partial charge in [0.15, 0.2) is 11.5 Å². The molecule has 3 heterocycles. The second-order valence-electron chi connectivity index (χ2n) is 6.03. The number of hydrogen-bond acceptors (Lipinski definition) is 6. The number of nitrogens with zero attached hydrogens (tertiary/aromatic N) is 7. The Balaban J connectivity index is 1.48. The highest BCUT2D eigenvalue weighted by Crippen LogP contribution is 2.25. The van der Waals surface area contributed by atoms with Crippen LogP contribution in [0.5, 0.6) is 0 Å². The molecule has 1 saturated heterocycles. The van der Waals surface area contributed by atoms with Gasteiger partial charge in [0, 0.05) is 32.2 Å². The van der Waals surface area contributed by atoms with Gasteiger partial charge in [-0.1, -0.05) is 12.8 Å². The molecule has 4 rings (SSSR count). The van der Waals surface area contributed by atoms with Crippen molar-refractivity contribution in [3.05, 3.63) is 12.1 Å². The Bertz CT molecular complexity index is 604. The summed E-state index contributed by atoms with van der Waals surface area (Å²) in [5, 5.41) is 15.9. The zero-order valence-corrected chi connectivity index (χ0v) is 12.2. The molecule has 2 aromatic heterocycles. The van der Waals surface area contributed by atoms with Gasteiger partial charge >= 0.3 is 0 Å². The monoisotopic (exact) mass is 287 g/mol. The maximum absolute atomic E-state index is 4.51. The van der Waals surface area contributed by atoms with Crippen LogP contribution >= 0.6 is 0 Å². The smallest absolute Gasteiger partial charge is 0.200 e. The summed E-state index contributed by atoms with van der Waals surface area (Å²) in [5.74, 6) is 0.975. The van der Waals surface area contributed by atoms with Crippen molar-refractivity contribution in [1.29, 1.82) is 0 Å². The van der Waals surface area contributed by atoms with Crippen molar-refractivity contribution in [1.82, 2.24) is 30.2 Å². The zero-order valence-electron chi connectivity index (χ0n) is 12.2. The standard InChI is InChI=1S/C14H21N7/c1-2-5-12(4-1)19-8-3-9-20(11-10-19)14-7-6-13-15-17-18-21(13)16-14/h6-7,12H,1-5,8-11H2. The number of fused-ring (bicyclic) bond motifs is 1.